The first-order valence-corrected chi connectivity index (χ1v) is 6.47. The normalized spacial score (nSPS) is 11.6. The number of nitrogen functional groups attached to an aromatic ring is 1. The SMILES string of the molecule is CCC(CC)n1ncc(SC(C)C)c1N. The highest BCUT2D eigenvalue weighted by Crippen LogP contribution is 2.31. The zero-order valence-electron chi connectivity index (χ0n) is 10.0. The lowest BCUT2D eigenvalue weighted by atomic mass is 10.2. The molecule has 0 aliphatic carbocycles. The van der Waals surface area contributed by atoms with Crippen LogP contribution >= 0.6 is 11.8 Å². The van der Waals surface area contributed by atoms with Crippen molar-refractivity contribution >= 4 is 17.6 Å². The number of thioether (sulfide) groups is 1. The predicted molar refractivity (Wildman–Crippen MR) is 67.3 cm³/mol. The van der Waals surface area contributed by atoms with E-state index in [-0.39, 0.29) is 0 Å². The molecule has 0 saturated carbocycles. The number of anilines is 1. The Morgan fingerprint density at radius 3 is 2.47 bits per heavy atom. The molecule has 3 nitrogen and oxygen atoms in total. The molecule has 2 N–H and O–H groups in total. The summed E-state index contributed by atoms with van der Waals surface area (Å²) in [5, 5.41) is 4.93. The van der Waals surface area contributed by atoms with Crippen LogP contribution in [0.25, 0.3) is 0 Å². The van der Waals surface area contributed by atoms with E-state index in [4.69, 9.17) is 5.73 Å². The molecule has 0 bridgehead atoms. The maximum absolute atomic E-state index is 6.08. The van der Waals surface area contributed by atoms with Crippen molar-refractivity contribution in [1.82, 2.24) is 9.78 Å². The summed E-state index contributed by atoms with van der Waals surface area (Å²) in [6.45, 7) is 8.67. The lowest BCUT2D eigenvalue weighted by Crippen LogP contribution is -2.11. The molecule has 0 saturated heterocycles. The summed E-state index contributed by atoms with van der Waals surface area (Å²) in [5.41, 5.74) is 6.08. The highest BCUT2D eigenvalue weighted by atomic mass is 32.2. The van der Waals surface area contributed by atoms with Crippen LogP contribution in [0.4, 0.5) is 5.82 Å². The Hall–Kier alpha value is -0.640. The minimum atomic E-state index is 0.437. The summed E-state index contributed by atoms with van der Waals surface area (Å²) in [6, 6.07) is 0.437. The molecule has 0 aromatic carbocycles. The molecule has 0 amide bonds. The molecule has 0 fully saturated rings. The third-order valence-electron chi connectivity index (χ3n) is 2.45. The van der Waals surface area contributed by atoms with Gasteiger partial charge in [0.05, 0.1) is 17.1 Å². The first-order chi connectivity index (χ1) is 7.10. The van der Waals surface area contributed by atoms with E-state index < -0.39 is 0 Å². The van der Waals surface area contributed by atoms with Gasteiger partial charge in [-0.1, -0.05) is 27.7 Å². The smallest absolute Gasteiger partial charge is 0.135 e. The van der Waals surface area contributed by atoms with Crippen molar-refractivity contribution in [1.29, 1.82) is 0 Å². The molecule has 0 aliphatic heterocycles. The highest BCUT2D eigenvalue weighted by molar-refractivity contribution is 8.00. The van der Waals surface area contributed by atoms with E-state index in [2.05, 4.69) is 32.8 Å². The van der Waals surface area contributed by atoms with Gasteiger partial charge in [0.1, 0.15) is 5.82 Å². The van der Waals surface area contributed by atoms with Gasteiger partial charge in [0.2, 0.25) is 0 Å². The molecule has 1 rings (SSSR count). The minimum absolute atomic E-state index is 0.437. The number of aromatic nitrogens is 2. The van der Waals surface area contributed by atoms with Gasteiger partial charge in [-0.2, -0.15) is 5.10 Å². The van der Waals surface area contributed by atoms with Gasteiger partial charge >= 0.3 is 0 Å². The summed E-state index contributed by atoms with van der Waals surface area (Å²) in [6.07, 6.45) is 4.04. The average Bonchev–Trinajstić information content (AvgIpc) is 2.51. The second-order valence-corrected chi connectivity index (χ2v) is 5.59. The maximum atomic E-state index is 6.08. The van der Waals surface area contributed by atoms with Crippen molar-refractivity contribution in [3.8, 4) is 0 Å². The van der Waals surface area contributed by atoms with Crippen LogP contribution < -0.4 is 5.73 Å². The van der Waals surface area contributed by atoms with Crippen LogP contribution in [0.3, 0.4) is 0 Å². The van der Waals surface area contributed by atoms with Crippen molar-refractivity contribution in [2.75, 3.05) is 5.73 Å². The molecule has 1 aromatic rings. The molecular formula is C11H21N3S. The largest absolute Gasteiger partial charge is 0.383 e. The van der Waals surface area contributed by atoms with Crippen LogP contribution in [-0.2, 0) is 0 Å². The quantitative estimate of drug-likeness (QED) is 0.785. The fourth-order valence-corrected chi connectivity index (χ4v) is 2.46. The Balaban J connectivity index is 2.87. The Kier molecular flexibility index (Phi) is 4.51. The van der Waals surface area contributed by atoms with E-state index in [9.17, 15) is 0 Å². The lowest BCUT2D eigenvalue weighted by molar-refractivity contribution is 0.434. The van der Waals surface area contributed by atoms with Gasteiger partial charge in [-0.15, -0.1) is 11.8 Å². The summed E-state index contributed by atoms with van der Waals surface area (Å²) >= 11 is 1.78. The van der Waals surface area contributed by atoms with E-state index in [1.54, 1.807) is 11.8 Å². The molecule has 86 valence electrons. The Bertz CT molecular complexity index is 303. The second kappa shape index (κ2) is 5.45. The van der Waals surface area contributed by atoms with E-state index in [1.165, 1.54) is 0 Å². The number of nitrogens with zero attached hydrogens (tertiary/aromatic N) is 2. The molecule has 0 unspecified atom stereocenters. The summed E-state index contributed by atoms with van der Waals surface area (Å²) in [4.78, 5) is 1.11. The van der Waals surface area contributed by atoms with Gasteiger partial charge in [-0.3, -0.25) is 0 Å². The van der Waals surface area contributed by atoms with E-state index in [0.29, 0.717) is 11.3 Å². The molecule has 4 heteroatoms. The summed E-state index contributed by atoms with van der Waals surface area (Å²) in [7, 11) is 0. The molecular weight excluding hydrogens is 206 g/mol. The van der Waals surface area contributed by atoms with Crippen LogP contribution in [0.5, 0.6) is 0 Å². The van der Waals surface area contributed by atoms with Crippen LogP contribution in [0.1, 0.15) is 46.6 Å². The monoisotopic (exact) mass is 227 g/mol. The van der Waals surface area contributed by atoms with Crippen molar-refractivity contribution in [2.24, 2.45) is 0 Å². The average molecular weight is 227 g/mol. The maximum Gasteiger partial charge on any atom is 0.135 e. The predicted octanol–water partition coefficient (Wildman–Crippen LogP) is 3.33. The molecule has 1 heterocycles. The Morgan fingerprint density at radius 1 is 1.40 bits per heavy atom. The van der Waals surface area contributed by atoms with Gasteiger partial charge in [0.15, 0.2) is 0 Å². The summed E-state index contributed by atoms with van der Waals surface area (Å²) < 4.78 is 1.96. The minimum Gasteiger partial charge on any atom is -0.383 e. The lowest BCUT2D eigenvalue weighted by Gasteiger charge is -2.15. The van der Waals surface area contributed by atoms with Gasteiger partial charge in [0.25, 0.3) is 0 Å². The zero-order chi connectivity index (χ0) is 11.4. The standard InChI is InChI=1S/C11H21N3S/c1-5-9(6-2)14-11(12)10(7-13-14)15-8(3)4/h7-9H,5-6,12H2,1-4H3. The topological polar surface area (TPSA) is 43.8 Å². The third kappa shape index (κ3) is 2.91. The van der Waals surface area contributed by atoms with Crippen molar-refractivity contribution in [2.45, 2.75) is 56.7 Å². The van der Waals surface area contributed by atoms with Gasteiger partial charge < -0.3 is 5.73 Å². The molecule has 0 spiro atoms. The van der Waals surface area contributed by atoms with Crippen molar-refractivity contribution in [3.05, 3.63) is 6.20 Å². The Labute approximate surface area is 96.4 Å². The fourth-order valence-electron chi connectivity index (χ4n) is 1.63. The van der Waals surface area contributed by atoms with E-state index in [0.717, 1.165) is 23.6 Å². The zero-order valence-corrected chi connectivity index (χ0v) is 10.8. The molecule has 0 atom stereocenters. The Morgan fingerprint density at radius 2 is 2.00 bits per heavy atom. The number of nitrogens with two attached hydrogens (primary N) is 1. The van der Waals surface area contributed by atoms with E-state index in [1.807, 2.05) is 10.9 Å². The van der Waals surface area contributed by atoms with Crippen LogP contribution in [0.2, 0.25) is 0 Å². The van der Waals surface area contributed by atoms with Gasteiger partial charge in [-0.25, -0.2) is 4.68 Å². The molecule has 0 aliphatic rings. The second-order valence-electron chi connectivity index (χ2n) is 3.98. The van der Waals surface area contributed by atoms with Gasteiger partial charge in [0, 0.05) is 5.25 Å². The van der Waals surface area contributed by atoms with Crippen LogP contribution in [-0.4, -0.2) is 15.0 Å². The number of hydrogen-bond acceptors (Lipinski definition) is 3. The van der Waals surface area contributed by atoms with Crippen molar-refractivity contribution < 1.29 is 0 Å². The van der Waals surface area contributed by atoms with Crippen LogP contribution in [0, 0.1) is 0 Å². The van der Waals surface area contributed by atoms with Crippen LogP contribution in [0.15, 0.2) is 11.1 Å². The molecule has 15 heavy (non-hydrogen) atoms. The molecule has 1 aromatic heterocycles. The highest BCUT2D eigenvalue weighted by Gasteiger charge is 2.14. The number of rotatable bonds is 5. The summed E-state index contributed by atoms with van der Waals surface area (Å²) in [5.74, 6) is 0.822. The van der Waals surface area contributed by atoms with Gasteiger partial charge in [-0.05, 0) is 12.8 Å². The first kappa shape index (κ1) is 12.4. The first-order valence-electron chi connectivity index (χ1n) is 5.59. The van der Waals surface area contributed by atoms with E-state index >= 15 is 0 Å². The fraction of sp³-hybridized carbons (Fsp3) is 0.727. The number of hydrogen-bond donors (Lipinski definition) is 1. The third-order valence-corrected chi connectivity index (χ3v) is 3.49. The van der Waals surface area contributed by atoms with Crippen molar-refractivity contribution in [3.63, 3.8) is 0 Å². The molecule has 0 radical (unpaired) electrons.